The maximum Gasteiger partial charge on any atom is 0.160 e. The molecule has 1 saturated heterocycles. The second-order valence-corrected chi connectivity index (χ2v) is 9.88. The summed E-state index contributed by atoms with van der Waals surface area (Å²) in [6.07, 6.45) is 3.01. The van der Waals surface area contributed by atoms with Gasteiger partial charge >= 0.3 is 0 Å². The average molecular weight is 481 g/mol. The summed E-state index contributed by atoms with van der Waals surface area (Å²) in [7, 11) is 0. The number of aryl methyl sites for hydroxylation is 1. The zero-order valence-corrected chi connectivity index (χ0v) is 19.8. The average Bonchev–Trinajstić information content (AvgIpc) is 3.41. The number of halogens is 1. The molecule has 1 aromatic carbocycles. The third kappa shape index (κ3) is 3.21. The van der Waals surface area contributed by atoms with Crippen LogP contribution >= 0.6 is 27.7 Å². The third-order valence-corrected chi connectivity index (χ3v) is 7.86. The van der Waals surface area contributed by atoms with Crippen LogP contribution in [-0.2, 0) is 0 Å². The molecule has 6 heteroatoms. The van der Waals surface area contributed by atoms with Crippen LogP contribution in [0.4, 0.5) is 0 Å². The molecular formula is C24H25BrN4S. The van der Waals surface area contributed by atoms with Crippen LogP contribution in [0.25, 0.3) is 5.69 Å². The van der Waals surface area contributed by atoms with Crippen molar-refractivity contribution in [2.24, 2.45) is 4.99 Å². The summed E-state index contributed by atoms with van der Waals surface area (Å²) in [6, 6.07) is 17.8. The first-order valence-corrected chi connectivity index (χ1v) is 12.2. The van der Waals surface area contributed by atoms with Crippen molar-refractivity contribution in [3.63, 3.8) is 0 Å². The number of hydrogen-bond donors (Lipinski definition) is 0. The molecule has 2 aromatic heterocycles. The van der Waals surface area contributed by atoms with Gasteiger partial charge in [0.05, 0.1) is 11.7 Å². The summed E-state index contributed by atoms with van der Waals surface area (Å²) in [5.41, 5.74) is 6.12. The third-order valence-electron chi connectivity index (χ3n) is 6.20. The Labute approximate surface area is 190 Å². The second-order valence-electron chi connectivity index (χ2n) is 7.97. The number of fused-ring (bicyclic) bond motifs is 1. The first kappa shape index (κ1) is 19.9. The molecule has 4 nitrogen and oxygen atoms in total. The highest BCUT2D eigenvalue weighted by atomic mass is 79.9. The molecule has 2 aliphatic heterocycles. The van der Waals surface area contributed by atoms with Gasteiger partial charge in [0.25, 0.3) is 0 Å². The van der Waals surface area contributed by atoms with Crippen molar-refractivity contribution in [1.82, 2.24) is 14.5 Å². The standard InChI is InChI=1S/C24H25BrN4S/c1-4-18-14-30-24-27-22(21-7-5-6-12-26-21)23(29(18)24)20-13-15(2)28(16(20)3)19-10-8-17(25)9-11-19/h5-13,18,22-23H,4,14H2,1-3H3. The number of rotatable bonds is 4. The normalized spacial score (nSPS) is 23.0. The van der Waals surface area contributed by atoms with Crippen molar-refractivity contribution in [2.75, 3.05) is 5.75 Å². The molecular weight excluding hydrogens is 456 g/mol. The molecule has 0 radical (unpaired) electrons. The number of benzene rings is 1. The Morgan fingerprint density at radius 3 is 2.63 bits per heavy atom. The summed E-state index contributed by atoms with van der Waals surface area (Å²) in [5.74, 6) is 1.12. The van der Waals surface area contributed by atoms with E-state index in [1.165, 1.54) is 27.8 Å². The zero-order chi connectivity index (χ0) is 20.8. The molecule has 0 amide bonds. The lowest BCUT2D eigenvalue weighted by Gasteiger charge is -2.32. The van der Waals surface area contributed by atoms with E-state index >= 15 is 0 Å². The molecule has 30 heavy (non-hydrogen) atoms. The summed E-state index contributed by atoms with van der Waals surface area (Å²) in [4.78, 5) is 12.4. The number of thioether (sulfide) groups is 1. The minimum atomic E-state index is 0.0296. The Hall–Kier alpha value is -2.05. The molecule has 3 aromatic rings. The minimum absolute atomic E-state index is 0.0296. The quantitative estimate of drug-likeness (QED) is 0.443. The van der Waals surface area contributed by atoms with E-state index in [-0.39, 0.29) is 12.1 Å². The van der Waals surface area contributed by atoms with Gasteiger partial charge in [-0.15, -0.1) is 0 Å². The van der Waals surface area contributed by atoms with E-state index in [9.17, 15) is 0 Å². The van der Waals surface area contributed by atoms with E-state index in [1.807, 2.05) is 24.0 Å². The highest BCUT2D eigenvalue weighted by Gasteiger charge is 2.46. The maximum absolute atomic E-state index is 5.17. The fourth-order valence-electron chi connectivity index (χ4n) is 4.76. The predicted octanol–water partition coefficient (Wildman–Crippen LogP) is 6.23. The smallest absolute Gasteiger partial charge is 0.160 e. The molecule has 154 valence electrons. The lowest BCUT2D eigenvalue weighted by Crippen LogP contribution is -2.35. The zero-order valence-electron chi connectivity index (χ0n) is 17.4. The number of hydrogen-bond acceptors (Lipinski definition) is 4. The first-order chi connectivity index (χ1) is 14.6. The number of amidine groups is 1. The SMILES string of the molecule is CCC1CSC2=NC(c3ccccn3)C(c3cc(C)n(-c4ccc(Br)cc4)c3C)N21. The topological polar surface area (TPSA) is 33.4 Å². The van der Waals surface area contributed by atoms with Gasteiger partial charge in [-0.25, -0.2) is 0 Å². The van der Waals surface area contributed by atoms with Crippen LogP contribution in [0.15, 0.2) is 64.2 Å². The molecule has 0 saturated carbocycles. The van der Waals surface area contributed by atoms with Crippen LogP contribution < -0.4 is 0 Å². The highest BCUT2D eigenvalue weighted by molar-refractivity contribution is 9.10. The largest absolute Gasteiger partial charge is 0.338 e. The molecule has 3 unspecified atom stereocenters. The summed E-state index contributed by atoms with van der Waals surface area (Å²) >= 11 is 5.45. The van der Waals surface area contributed by atoms with E-state index in [2.05, 4.69) is 93.6 Å². The van der Waals surface area contributed by atoms with Crippen molar-refractivity contribution in [3.8, 4) is 5.69 Å². The van der Waals surface area contributed by atoms with Crippen LogP contribution in [0.5, 0.6) is 0 Å². The Morgan fingerprint density at radius 2 is 1.93 bits per heavy atom. The van der Waals surface area contributed by atoms with Crippen LogP contribution in [0.1, 0.15) is 48.1 Å². The molecule has 0 N–H and O–H groups in total. The molecule has 0 spiro atoms. The van der Waals surface area contributed by atoms with Gasteiger partial charge in [-0.1, -0.05) is 40.7 Å². The Morgan fingerprint density at radius 1 is 1.13 bits per heavy atom. The van der Waals surface area contributed by atoms with Gasteiger partial charge < -0.3 is 9.47 Å². The van der Waals surface area contributed by atoms with Gasteiger partial charge in [-0.05, 0) is 68.3 Å². The van der Waals surface area contributed by atoms with Crippen molar-refractivity contribution >= 4 is 32.9 Å². The van der Waals surface area contributed by atoms with Gasteiger partial charge in [0.15, 0.2) is 5.17 Å². The fourth-order valence-corrected chi connectivity index (χ4v) is 6.36. The van der Waals surface area contributed by atoms with E-state index in [1.54, 1.807) is 0 Å². The lowest BCUT2D eigenvalue weighted by molar-refractivity contribution is 0.254. The van der Waals surface area contributed by atoms with Gasteiger partial charge in [0.1, 0.15) is 6.04 Å². The molecule has 3 atom stereocenters. The Kier molecular flexibility index (Phi) is 5.23. The minimum Gasteiger partial charge on any atom is -0.338 e. The number of aromatic nitrogens is 2. The van der Waals surface area contributed by atoms with Gasteiger partial charge in [0, 0.05) is 39.5 Å². The Balaban J connectivity index is 1.63. The van der Waals surface area contributed by atoms with Crippen LogP contribution in [0.2, 0.25) is 0 Å². The summed E-state index contributed by atoms with van der Waals surface area (Å²) in [6.45, 7) is 6.72. The number of aliphatic imine (C=N–C) groups is 1. The van der Waals surface area contributed by atoms with Crippen molar-refractivity contribution in [2.45, 2.75) is 45.3 Å². The molecule has 2 aliphatic rings. The van der Waals surface area contributed by atoms with Crippen molar-refractivity contribution in [1.29, 1.82) is 0 Å². The predicted molar refractivity (Wildman–Crippen MR) is 128 cm³/mol. The first-order valence-electron chi connectivity index (χ1n) is 10.4. The number of pyridine rings is 1. The number of nitrogens with zero attached hydrogens (tertiary/aromatic N) is 4. The van der Waals surface area contributed by atoms with Crippen LogP contribution in [-0.4, -0.2) is 31.4 Å². The van der Waals surface area contributed by atoms with Gasteiger partial charge in [-0.3, -0.25) is 9.98 Å². The van der Waals surface area contributed by atoms with Crippen molar-refractivity contribution in [3.05, 3.63) is 81.8 Å². The Bertz CT molecular complexity index is 1090. The van der Waals surface area contributed by atoms with Crippen LogP contribution in [0.3, 0.4) is 0 Å². The molecule has 5 rings (SSSR count). The lowest BCUT2D eigenvalue weighted by atomic mass is 9.95. The van der Waals surface area contributed by atoms with Gasteiger partial charge in [0.2, 0.25) is 0 Å². The second kappa shape index (κ2) is 7.89. The fraction of sp³-hybridized carbons (Fsp3) is 0.333. The van der Waals surface area contributed by atoms with E-state index < -0.39 is 0 Å². The van der Waals surface area contributed by atoms with E-state index in [0.29, 0.717) is 6.04 Å². The summed E-state index contributed by atoms with van der Waals surface area (Å²) < 4.78 is 3.46. The van der Waals surface area contributed by atoms with Crippen LogP contribution in [0, 0.1) is 13.8 Å². The van der Waals surface area contributed by atoms with E-state index in [0.717, 1.165) is 22.3 Å². The van der Waals surface area contributed by atoms with Crippen molar-refractivity contribution < 1.29 is 0 Å². The molecule has 0 bridgehead atoms. The van der Waals surface area contributed by atoms with E-state index in [4.69, 9.17) is 4.99 Å². The maximum atomic E-state index is 5.17. The molecule has 0 aliphatic carbocycles. The monoisotopic (exact) mass is 480 g/mol. The highest BCUT2D eigenvalue weighted by Crippen LogP contribution is 2.49. The van der Waals surface area contributed by atoms with Gasteiger partial charge in [-0.2, -0.15) is 0 Å². The molecule has 1 fully saturated rings. The molecule has 4 heterocycles. The summed E-state index contributed by atoms with van der Waals surface area (Å²) in [5, 5.41) is 1.18.